The lowest BCUT2D eigenvalue weighted by Crippen LogP contribution is -2.48. The summed E-state index contributed by atoms with van der Waals surface area (Å²) in [5, 5.41) is 0. The predicted octanol–water partition coefficient (Wildman–Crippen LogP) is 1.49. The first-order chi connectivity index (χ1) is 7.58. The van der Waals surface area contributed by atoms with Gasteiger partial charge in [0.1, 0.15) is 5.41 Å². The van der Waals surface area contributed by atoms with Crippen molar-refractivity contribution in [1.29, 1.82) is 0 Å². The smallest absolute Gasteiger partial charge is 0.317 e. The van der Waals surface area contributed by atoms with E-state index in [9.17, 15) is 9.59 Å². The fraction of sp³-hybridized carbons (Fsp3) is 0.636. The van der Waals surface area contributed by atoms with Gasteiger partial charge in [-0.15, -0.1) is 0 Å². The first-order valence-corrected chi connectivity index (χ1v) is 6.28. The summed E-state index contributed by atoms with van der Waals surface area (Å²) >= 11 is 2.22. The number of halogens is 1. The van der Waals surface area contributed by atoms with Crippen LogP contribution in [0.3, 0.4) is 0 Å². The molecule has 0 unspecified atom stereocenters. The van der Waals surface area contributed by atoms with E-state index in [1.165, 1.54) is 7.11 Å². The number of ketones is 1. The number of esters is 1. The van der Waals surface area contributed by atoms with Crippen LogP contribution in [0.4, 0.5) is 0 Å². The number of allylic oxidation sites excluding steroid dienone is 1. The molecule has 88 valence electrons. The Balaban J connectivity index is 2.38. The standard InChI is InChI=1S/C11H14INO3/c1-16-10(15)11-4-2-9(14)6-8(11)3-5-13(12)7-11/h6H,2-5,7H2,1H3/t11-/m0/s1. The average molecular weight is 335 g/mol. The summed E-state index contributed by atoms with van der Waals surface area (Å²) in [6, 6.07) is 0. The maximum Gasteiger partial charge on any atom is 0.317 e. The lowest BCUT2D eigenvalue weighted by Gasteiger charge is -2.42. The Morgan fingerprint density at radius 3 is 3.00 bits per heavy atom. The van der Waals surface area contributed by atoms with Gasteiger partial charge in [0.25, 0.3) is 0 Å². The van der Waals surface area contributed by atoms with Gasteiger partial charge in [-0.25, -0.2) is 3.11 Å². The third-order valence-corrected chi connectivity index (χ3v) is 4.21. The summed E-state index contributed by atoms with van der Waals surface area (Å²) in [7, 11) is 1.41. The maximum atomic E-state index is 12.0. The van der Waals surface area contributed by atoms with E-state index in [4.69, 9.17) is 4.74 Å². The molecule has 0 spiro atoms. The summed E-state index contributed by atoms with van der Waals surface area (Å²) in [6.07, 6.45) is 3.47. The van der Waals surface area contributed by atoms with Gasteiger partial charge < -0.3 is 4.74 Å². The van der Waals surface area contributed by atoms with Gasteiger partial charge in [0.05, 0.1) is 7.11 Å². The van der Waals surface area contributed by atoms with Crippen LogP contribution in [0, 0.1) is 5.41 Å². The van der Waals surface area contributed by atoms with Crippen molar-refractivity contribution >= 4 is 34.6 Å². The first-order valence-electron chi connectivity index (χ1n) is 5.31. The average Bonchev–Trinajstić information content (AvgIpc) is 2.28. The Kier molecular flexibility index (Phi) is 3.34. The Labute approximate surface area is 109 Å². The van der Waals surface area contributed by atoms with E-state index < -0.39 is 5.41 Å². The molecule has 0 bridgehead atoms. The minimum Gasteiger partial charge on any atom is -0.468 e. The number of rotatable bonds is 1. The van der Waals surface area contributed by atoms with Crippen molar-refractivity contribution in [3.8, 4) is 0 Å². The van der Waals surface area contributed by atoms with Crippen LogP contribution in [-0.4, -0.2) is 35.1 Å². The zero-order valence-corrected chi connectivity index (χ0v) is 11.3. The third kappa shape index (κ3) is 1.90. The minimum atomic E-state index is -0.567. The molecule has 0 aromatic carbocycles. The molecule has 0 aromatic heterocycles. The SMILES string of the molecule is COC(=O)[C@]12CCC(=O)C=C1CCN(I)C2. The summed E-state index contributed by atoms with van der Waals surface area (Å²) in [5.41, 5.74) is 0.394. The summed E-state index contributed by atoms with van der Waals surface area (Å²) in [6.45, 7) is 1.54. The Hall–Kier alpha value is -0.430. The van der Waals surface area contributed by atoms with E-state index in [0.29, 0.717) is 19.4 Å². The number of fused-ring (bicyclic) bond motifs is 1. The van der Waals surface area contributed by atoms with Gasteiger partial charge in [-0.1, -0.05) is 0 Å². The van der Waals surface area contributed by atoms with E-state index in [0.717, 1.165) is 18.5 Å². The van der Waals surface area contributed by atoms with Crippen LogP contribution < -0.4 is 0 Å². The van der Waals surface area contributed by atoms with Crippen molar-refractivity contribution in [3.05, 3.63) is 11.6 Å². The summed E-state index contributed by atoms with van der Waals surface area (Å²) in [4.78, 5) is 23.4. The van der Waals surface area contributed by atoms with Crippen LogP contribution in [0.15, 0.2) is 11.6 Å². The maximum absolute atomic E-state index is 12.0. The quantitative estimate of drug-likeness (QED) is 0.414. The fourth-order valence-electron chi connectivity index (χ4n) is 2.50. The molecule has 1 heterocycles. The van der Waals surface area contributed by atoms with Crippen LogP contribution in [-0.2, 0) is 14.3 Å². The molecule has 1 aliphatic heterocycles. The van der Waals surface area contributed by atoms with Gasteiger partial charge in [-0.05, 0) is 24.5 Å². The Bertz CT molecular complexity index is 366. The van der Waals surface area contributed by atoms with Crippen molar-refractivity contribution in [1.82, 2.24) is 3.11 Å². The highest BCUT2D eigenvalue weighted by Gasteiger charge is 2.48. The van der Waals surface area contributed by atoms with Gasteiger partial charge in [-0.2, -0.15) is 0 Å². The van der Waals surface area contributed by atoms with Gasteiger partial charge in [0.15, 0.2) is 5.78 Å². The molecule has 0 aromatic rings. The molecule has 0 amide bonds. The molecule has 1 atom stereocenters. The van der Waals surface area contributed by atoms with Crippen molar-refractivity contribution in [2.75, 3.05) is 20.2 Å². The highest BCUT2D eigenvalue weighted by molar-refractivity contribution is 14.1. The molecule has 2 rings (SSSR count). The van der Waals surface area contributed by atoms with Crippen LogP contribution in [0.25, 0.3) is 0 Å². The third-order valence-electron chi connectivity index (χ3n) is 3.39. The zero-order chi connectivity index (χ0) is 11.8. The van der Waals surface area contributed by atoms with E-state index in [-0.39, 0.29) is 11.8 Å². The Morgan fingerprint density at radius 2 is 2.31 bits per heavy atom. The molecule has 0 radical (unpaired) electrons. The topological polar surface area (TPSA) is 46.6 Å². The van der Waals surface area contributed by atoms with Crippen molar-refractivity contribution in [2.24, 2.45) is 5.41 Å². The largest absolute Gasteiger partial charge is 0.468 e. The van der Waals surface area contributed by atoms with Crippen molar-refractivity contribution < 1.29 is 14.3 Å². The van der Waals surface area contributed by atoms with Crippen molar-refractivity contribution in [2.45, 2.75) is 19.3 Å². The number of nitrogens with zero attached hydrogens (tertiary/aromatic N) is 1. The molecular formula is C11H14INO3. The zero-order valence-electron chi connectivity index (χ0n) is 9.16. The molecule has 1 saturated heterocycles. The number of methoxy groups -OCH3 is 1. The molecular weight excluding hydrogens is 321 g/mol. The summed E-state index contributed by atoms with van der Waals surface area (Å²) in [5.74, 6) is -0.0657. The van der Waals surface area contributed by atoms with E-state index in [1.54, 1.807) is 6.08 Å². The molecule has 0 N–H and O–H groups in total. The second-order valence-corrected chi connectivity index (χ2v) is 5.67. The van der Waals surface area contributed by atoms with Gasteiger partial charge >= 0.3 is 5.97 Å². The highest BCUT2D eigenvalue weighted by atomic mass is 127. The second-order valence-electron chi connectivity index (χ2n) is 4.30. The van der Waals surface area contributed by atoms with Crippen LogP contribution in [0.2, 0.25) is 0 Å². The van der Waals surface area contributed by atoms with E-state index in [2.05, 4.69) is 26.0 Å². The number of hydrogen-bond donors (Lipinski definition) is 0. The first kappa shape index (κ1) is 12.0. The fourth-order valence-corrected chi connectivity index (χ4v) is 3.32. The monoisotopic (exact) mass is 335 g/mol. The number of carbonyl (C=O) groups is 2. The normalized spacial score (nSPS) is 30.6. The molecule has 4 nitrogen and oxygen atoms in total. The molecule has 16 heavy (non-hydrogen) atoms. The molecule has 5 heteroatoms. The number of hydrogen-bond acceptors (Lipinski definition) is 4. The molecule has 2 aliphatic rings. The van der Waals surface area contributed by atoms with Gasteiger partial charge in [0.2, 0.25) is 0 Å². The Morgan fingerprint density at radius 1 is 1.56 bits per heavy atom. The number of carbonyl (C=O) groups excluding carboxylic acids is 2. The second kappa shape index (κ2) is 4.44. The van der Waals surface area contributed by atoms with Crippen LogP contribution in [0.1, 0.15) is 19.3 Å². The van der Waals surface area contributed by atoms with Crippen molar-refractivity contribution in [3.63, 3.8) is 0 Å². The van der Waals surface area contributed by atoms with Crippen LogP contribution in [0.5, 0.6) is 0 Å². The van der Waals surface area contributed by atoms with Crippen LogP contribution >= 0.6 is 22.9 Å². The lowest BCUT2D eigenvalue weighted by molar-refractivity contribution is -0.152. The van der Waals surface area contributed by atoms with Gasteiger partial charge in [-0.3, -0.25) is 9.59 Å². The molecule has 1 aliphatic carbocycles. The summed E-state index contributed by atoms with van der Waals surface area (Å²) < 4.78 is 7.01. The number of piperidine rings is 1. The minimum absolute atomic E-state index is 0.136. The molecule has 0 saturated carbocycles. The number of ether oxygens (including phenoxy) is 1. The molecule has 1 fully saturated rings. The lowest BCUT2D eigenvalue weighted by atomic mass is 9.69. The van der Waals surface area contributed by atoms with Gasteiger partial charge in [0, 0.05) is 42.4 Å². The highest BCUT2D eigenvalue weighted by Crippen LogP contribution is 2.43. The van der Waals surface area contributed by atoms with E-state index >= 15 is 0 Å². The predicted molar refractivity (Wildman–Crippen MR) is 67.0 cm³/mol. The van der Waals surface area contributed by atoms with E-state index in [1.807, 2.05) is 0 Å².